The number of benzene rings is 1. The van der Waals surface area contributed by atoms with E-state index >= 15 is 0 Å². The number of piperidine rings is 1. The number of methoxy groups -OCH3 is 1. The molecule has 1 atom stereocenters. The molecule has 1 fully saturated rings. The molecule has 5 nitrogen and oxygen atoms in total. The van der Waals surface area contributed by atoms with Gasteiger partial charge in [0.1, 0.15) is 6.61 Å². The molecule has 134 valence electrons. The van der Waals surface area contributed by atoms with Crippen LogP contribution in [0.3, 0.4) is 0 Å². The van der Waals surface area contributed by atoms with Crippen molar-refractivity contribution >= 4 is 18.3 Å². The molecule has 1 aliphatic rings. The molecule has 1 aliphatic heterocycles. The molecule has 0 bridgehead atoms. The molecule has 0 aromatic heterocycles. The number of carbonyl (C=O) groups is 1. The first-order valence-electron chi connectivity index (χ1n) is 8.03. The van der Waals surface area contributed by atoms with Crippen molar-refractivity contribution in [2.75, 3.05) is 26.8 Å². The van der Waals surface area contributed by atoms with Crippen LogP contribution in [0.4, 0.5) is 0 Å². The van der Waals surface area contributed by atoms with E-state index in [0.717, 1.165) is 25.9 Å². The number of nitrogens with zero attached hydrogens (tertiary/aromatic N) is 1. The Kier molecular flexibility index (Phi) is 8.08. The normalized spacial score (nSPS) is 16.0. The van der Waals surface area contributed by atoms with Crippen LogP contribution in [0, 0.1) is 5.92 Å². The van der Waals surface area contributed by atoms with Gasteiger partial charge in [0.25, 0.3) is 5.91 Å². The molecule has 1 aromatic carbocycles. The van der Waals surface area contributed by atoms with E-state index in [-0.39, 0.29) is 24.4 Å². The lowest BCUT2D eigenvalue weighted by Crippen LogP contribution is -2.42. The second kappa shape index (κ2) is 9.55. The van der Waals surface area contributed by atoms with Gasteiger partial charge in [0.2, 0.25) is 0 Å². The van der Waals surface area contributed by atoms with Crippen molar-refractivity contribution in [2.45, 2.75) is 25.8 Å². The summed E-state index contributed by atoms with van der Waals surface area (Å²) in [5, 5.41) is 0. The quantitative estimate of drug-likeness (QED) is 0.798. The molecule has 1 heterocycles. The second-order valence-electron chi connectivity index (χ2n) is 5.95. The number of nitrogens with two attached hydrogens (primary N) is 1. The molecule has 1 amide bonds. The third-order valence-corrected chi connectivity index (χ3v) is 4.34. The number of hydrogen-bond acceptors (Lipinski definition) is 4. The van der Waals surface area contributed by atoms with E-state index in [0.29, 0.717) is 29.6 Å². The summed E-state index contributed by atoms with van der Waals surface area (Å²) in [6.07, 6.45) is 3.59. The second-order valence-corrected chi connectivity index (χ2v) is 5.95. The average Bonchev–Trinajstić information content (AvgIpc) is 2.59. The molecule has 6 heteroatoms. The summed E-state index contributed by atoms with van der Waals surface area (Å²) in [6, 6.07) is 5.47. The number of hydrogen-bond donors (Lipinski definition) is 1. The Morgan fingerprint density at radius 3 is 2.62 bits per heavy atom. The van der Waals surface area contributed by atoms with Gasteiger partial charge in [-0.2, -0.15) is 0 Å². The van der Waals surface area contributed by atoms with Gasteiger partial charge in [-0.05, 0) is 43.9 Å². The standard InChI is InChI=1S/C18H26N2O3.ClH/c1-4-11-23-16-6-5-15(12-17(16)22-3)18(21)20-9-7-14(8-10-20)13(2)19;/h4-6,12-14H,1,7-11,19H2,2-3H3;1H. The number of ether oxygens (including phenoxy) is 2. The molecule has 2 rings (SSSR count). The van der Waals surface area contributed by atoms with Gasteiger partial charge >= 0.3 is 0 Å². The van der Waals surface area contributed by atoms with Gasteiger partial charge in [-0.15, -0.1) is 12.4 Å². The summed E-state index contributed by atoms with van der Waals surface area (Å²) in [7, 11) is 1.57. The van der Waals surface area contributed by atoms with Gasteiger partial charge in [-0.3, -0.25) is 4.79 Å². The third-order valence-electron chi connectivity index (χ3n) is 4.34. The number of rotatable bonds is 6. The Hall–Kier alpha value is -1.72. The summed E-state index contributed by atoms with van der Waals surface area (Å²) in [4.78, 5) is 14.5. The van der Waals surface area contributed by atoms with Gasteiger partial charge in [0.05, 0.1) is 7.11 Å². The zero-order chi connectivity index (χ0) is 16.8. The van der Waals surface area contributed by atoms with Crippen LogP contribution in [0.15, 0.2) is 30.9 Å². The molecular weight excluding hydrogens is 328 g/mol. The minimum atomic E-state index is 0. The zero-order valence-electron chi connectivity index (χ0n) is 14.4. The SMILES string of the molecule is C=CCOc1ccc(C(=O)N2CCC(C(C)N)CC2)cc1OC.Cl. The Labute approximate surface area is 150 Å². The fraction of sp³-hybridized carbons (Fsp3) is 0.500. The van der Waals surface area contributed by atoms with E-state index in [1.807, 2.05) is 11.8 Å². The Balaban J connectivity index is 0.00000288. The highest BCUT2D eigenvalue weighted by molar-refractivity contribution is 5.95. The van der Waals surface area contributed by atoms with Crippen molar-refractivity contribution in [3.05, 3.63) is 36.4 Å². The van der Waals surface area contributed by atoms with Crippen LogP contribution >= 0.6 is 12.4 Å². The summed E-state index contributed by atoms with van der Waals surface area (Å²) < 4.78 is 10.8. The van der Waals surface area contributed by atoms with E-state index in [4.69, 9.17) is 15.2 Å². The molecule has 0 spiro atoms. The van der Waals surface area contributed by atoms with E-state index in [2.05, 4.69) is 6.58 Å². The van der Waals surface area contributed by atoms with Gasteiger partial charge in [0.15, 0.2) is 11.5 Å². The van der Waals surface area contributed by atoms with Crippen LogP contribution in [0.25, 0.3) is 0 Å². The number of likely N-dealkylation sites (tertiary alicyclic amines) is 1. The Morgan fingerprint density at radius 2 is 2.08 bits per heavy atom. The summed E-state index contributed by atoms with van der Waals surface area (Å²) in [6.45, 7) is 7.56. The van der Waals surface area contributed by atoms with Crippen LogP contribution in [-0.2, 0) is 0 Å². The highest BCUT2D eigenvalue weighted by Crippen LogP contribution is 2.29. The molecule has 0 saturated carbocycles. The molecule has 0 radical (unpaired) electrons. The first-order chi connectivity index (χ1) is 11.1. The summed E-state index contributed by atoms with van der Waals surface area (Å²) in [5.74, 6) is 1.70. The van der Waals surface area contributed by atoms with Gasteiger partial charge in [0, 0.05) is 24.7 Å². The Bertz CT molecular complexity index is 555. The highest BCUT2D eigenvalue weighted by atomic mass is 35.5. The maximum absolute atomic E-state index is 12.7. The third kappa shape index (κ3) is 4.89. The van der Waals surface area contributed by atoms with Crippen LogP contribution < -0.4 is 15.2 Å². The fourth-order valence-electron chi connectivity index (χ4n) is 2.88. The van der Waals surface area contributed by atoms with Crippen molar-refractivity contribution in [3.63, 3.8) is 0 Å². The number of halogens is 1. The first kappa shape index (κ1) is 20.3. The Morgan fingerprint density at radius 1 is 1.42 bits per heavy atom. The van der Waals surface area contributed by atoms with Crippen molar-refractivity contribution in [1.29, 1.82) is 0 Å². The van der Waals surface area contributed by atoms with E-state index in [1.165, 1.54) is 0 Å². The molecule has 24 heavy (non-hydrogen) atoms. The molecular formula is C18H27ClN2O3. The molecule has 1 saturated heterocycles. The highest BCUT2D eigenvalue weighted by Gasteiger charge is 2.26. The largest absolute Gasteiger partial charge is 0.493 e. The molecule has 1 unspecified atom stereocenters. The minimum Gasteiger partial charge on any atom is -0.493 e. The summed E-state index contributed by atoms with van der Waals surface area (Å²) >= 11 is 0. The van der Waals surface area contributed by atoms with Crippen LogP contribution in [0.2, 0.25) is 0 Å². The fourth-order valence-corrected chi connectivity index (χ4v) is 2.88. The molecule has 1 aromatic rings. The van der Waals surface area contributed by atoms with E-state index in [9.17, 15) is 4.79 Å². The van der Waals surface area contributed by atoms with Crippen LogP contribution in [0.1, 0.15) is 30.1 Å². The predicted octanol–water partition coefficient (Wildman–Crippen LogP) is 2.88. The lowest BCUT2D eigenvalue weighted by molar-refractivity contribution is 0.0680. The minimum absolute atomic E-state index is 0. The van der Waals surface area contributed by atoms with Crippen molar-refractivity contribution in [1.82, 2.24) is 4.90 Å². The number of amides is 1. The van der Waals surface area contributed by atoms with Gasteiger partial charge in [-0.25, -0.2) is 0 Å². The lowest BCUT2D eigenvalue weighted by atomic mass is 9.90. The maximum atomic E-state index is 12.7. The smallest absolute Gasteiger partial charge is 0.253 e. The lowest BCUT2D eigenvalue weighted by Gasteiger charge is -2.33. The monoisotopic (exact) mass is 354 g/mol. The predicted molar refractivity (Wildman–Crippen MR) is 98.2 cm³/mol. The van der Waals surface area contributed by atoms with Crippen LogP contribution in [-0.4, -0.2) is 43.7 Å². The van der Waals surface area contributed by atoms with Gasteiger partial charge in [-0.1, -0.05) is 12.7 Å². The first-order valence-corrected chi connectivity index (χ1v) is 8.03. The van der Waals surface area contributed by atoms with E-state index in [1.54, 1.807) is 31.4 Å². The zero-order valence-corrected chi connectivity index (χ0v) is 15.2. The average molecular weight is 355 g/mol. The van der Waals surface area contributed by atoms with Crippen molar-refractivity contribution in [2.24, 2.45) is 11.7 Å². The van der Waals surface area contributed by atoms with Gasteiger partial charge < -0.3 is 20.1 Å². The topological polar surface area (TPSA) is 64.8 Å². The van der Waals surface area contributed by atoms with Crippen LogP contribution in [0.5, 0.6) is 11.5 Å². The summed E-state index contributed by atoms with van der Waals surface area (Å²) in [5.41, 5.74) is 6.57. The van der Waals surface area contributed by atoms with Crippen molar-refractivity contribution in [3.8, 4) is 11.5 Å². The number of carbonyl (C=O) groups excluding carboxylic acids is 1. The molecule has 0 aliphatic carbocycles. The maximum Gasteiger partial charge on any atom is 0.253 e. The van der Waals surface area contributed by atoms with Crippen molar-refractivity contribution < 1.29 is 14.3 Å². The van der Waals surface area contributed by atoms with E-state index < -0.39 is 0 Å². The molecule has 2 N–H and O–H groups in total.